The number of amides is 1. The second kappa shape index (κ2) is 5.88. The number of thiazole rings is 1. The van der Waals surface area contributed by atoms with E-state index in [0.717, 1.165) is 19.8 Å². The zero-order chi connectivity index (χ0) is 14.0. The maximum Gasteiger partial charge on any atom is 0.244 e. The molecular formula is C13H16BrN3OS. The Bertz CT molecular complexity index is 599. The van der Waals surface area contributed by atoms with Gasteiger partial charge in [0.25, 0.3) is 0 Å². The molecule has 0 aliphatic carbocycles. The monoisotopic (exact) mass is 341 g/mol. The van der Waals surface area contributed by atoms with Crippen LogP contribution >= 0.6 is 27.3 Å². The third kappa shape index (κ3) is 3.25. The zero-order valence-corrected chi connectivity index (χ0v) is 13.5. The Kier molecular flexibility index (Phi) is 4.42. The fourth-order valence-electron chi connectivity index (χ4n) is 1.70. The summed E-state index contributed by atoms with van der Waals surface area (Å²) in [6.45, 7) is 4.52. The van der Waals surface area contributed by atoms with E-state index in [1.807, 2.05) is 32.0 Å². The number of benzene rings is 1. The van der Waals surface area contributed by atoms with Crippen molar-refractivity contribution in [3.8, 4) is 0 Å². The van der Waals surface area contributed by atoms with Gasteiger partial charge >= 0.3 is 0 Å². The van der Waals surface area contributed by atoms with Crippen molar-refractivity contribution in [2.24, 2.45) is 0 Å². The lowest BCUT2D eigenvalue weighted by atomic mass is 10.3. The molecule has 0 saturated carbocycles. The van der Waals surface area contributed by atoms with Crippen LogP contribution in [0.15, 0.2) is 22.7 Å². The minimum atomic E-state index is -0.269. The minimum absolute atomic E-state index is 0.0722. The first kappa shape index (κ1) is 14.3. The van der Waals surface area contributed by atoms with Gasteiger partial charge in [0, 0.05) is 18.1 Å². The average molecular weight is 342 g/mol. The largest absolute Gasteiger partial charge is 0.350 e. The van der Waals surface area contributed by atoms with Crippen LogP contribution < -0.4 is 5.32 Å². The second-order valence-electron chi connectivity index (χ2n) is 4.35. The Labute approximate surface area is 125 Å². The molecule has 102 valence electrons. The second-order valence-corrected chi connectivity index (χ2v) is 6.30. The lowest BCUT2D eigenvalue weighted by Crippen LogP contribution is -2.38. The first-order valence-electron chi connectivity index (χ1n) is 6.09. The fraction of sp³-hybridized carbons (Fsp3) is 0.385. The predicted molar refractivity (Wildman–Crippen MR) is 83.7 cm³/mol. The standard InChI is InChI=1S/C13H16BrN3OS/c1-4-17(3)12(18)8(2)15-13-16-10-7-9(14)5-6-11(10)19-13/h5-8H,4H2,1-3H3,(H,15,16). The summed E-state index contributed by atoms with van der Waals surface area (Å²) in [5, 5.41) is 3.94. The summed E-state index contributed by atoms with van der Waals surface area (Å²) in [5.41, 5.74) is 0.936. The van der Waals surface area contributed by atoms with Crippen molar-refractivity contribution < 1.29 is 4.79 Å². The van der Waals surface area contributed by atoms with Crippen molar-refractivity contribution in [1.29, 1.82) is 0 Å². The molecule has 1 aromatic heterocycles. The number of rotatable bonds is 4. The Hall–Kier alpha value is -1.14. The third-order valence-corrected chi connectivity index (χ3v) is 4.37. The molecule has 2 aromatic rings. The number of carbonyl (C=O) groups is 1. The topological polar surface area (TPSA) is 45.2 Å². The maximum absolute atomic E-state index is 12.0. The molecule has 1 heterocycles. The molecule has 0 bridgehead atoms. The van der Waals surface area contributed by atoms with Crippen LogP contribution in [0.5, 0.6) is 0 Å². The van der Waals surface area contributed by atoms with E-state index in [2.05, 4.69) is 26.2 Å². The molecule has 19 heavy (non-hydrogen) atoms. The molecule has 2 rings (SSSR count). The average Bonchev–Trinajstić information content (AvgIpc) is 2.77. The molecule has 1 atom stereocenters. The van der Waals surface area contributed by atoms with Gasteiger partial charge in [-0.3, -0.25) is 4.79 Å². The minimum Gasteiger partial charge on any atom is -0.350 e. The predicted octanol–water partition coefficient (Wildman–Crippen LogP) is 3.34. The summed E-state index contributed by atoms with van der Waals surface area (Å²) in [4.78, 5) is 18.2. The van der Waals surface area contributed by atoms with E-state index >= 15 is 0 Å². The van der Waals surface area contributed by atoms with Crippen LogP contribution in [-0.2, 0) is 4.79 Å². The maximum atomic E-state index is 12.0. The highest BCUT2D eigenvalue weighted by Gasteiger charge is 2.17. The van der Waals surface area contributed by atoms with Crippen molar-refractivity contribution in [3.05, 3.63) is 22.7 Å². The summed E-state index contributed by atoms with van der Waals surface area (Å²) >= 11 is 4.98. The van der Waals surface area contributed by atoms with Gasteiger partial charge < -0.3 is 10.2 Å². The van der Waals surface area contributed by atoms with Crippen molar-refractivity contribution in [3.63, 3.8) is 0 Å². The first-order valence-corrected chi connectivity index (χ1v) is 7.69. The number of aromatic nitrogens is 1. The van der Waals surface area contributed by atoms with Gasteiger partial charge in [-0.05, 0) is 32.0 Å². The first-order chi connectivity index (χ1) is 9.01. The number of nitrogens with one attached hydrogen (secondary N) is 1. The Morgan fingerprint density at radius 1 is 1.58 bits per heavy atom. The van der Waals surface area contributed by atoms with E-state index in [1.165, 1.54) is 0 Å². The zero-order valence-electron chi connectivity index (χ0n) is 11.1. The van der Waals surface area contributed by atoms with Crippen LogP contribution in [0, 0.1) is 0 Å². The van der Waals surface area contributed by atoms with Crippen molar-refractivity contribution in [1.82, 2.24) is 9.88 Å². The number of likely N-dealkylation sites (N-methyl/N-ethyl adjacent to an activating group) is 1. The third-order valence-electron chi connectivity index (χ3n) is 2.91. The molecule has 0 aliphatic heterocycles. The summed E-state index contributed by atoms with van der Waals surface area (Å²) in [5.74, 6) is 0.0722. The molecular weight excluding hydrogens is 326 g/mol. The summed E-state index contributed by atoms with van der Waals surface area (Å²) < 4.78 is 2.11. The Balaban J connectivity index is 2.15. The SMILES string of the molecule is CCN(C)C(=O)C(C)Nc1nc2cc(Br)ccc2s1. The lowest BCUT2D eigenvalue weighted by molar-refractivity contribution is -0.130. The Morgan fingerprint density at radius 3 is 3.00 bits per heavy atom. The molecule has 1 aromatic carbocycles. The highest BCUT2D eigenvalue weighted by atomic mass is 79.9. The van der Waals surface area contributed by atoms with Crippen molar-refractivity contribution in [2.75, 3.05) is 18.9 Å². The van der Waals surface area contributed by atoms with E-state index in [9.17, 15) is 4.79 Å². The number of fused-ring (bicyclic) bond motifs is 1. The molecule has 0 aliphatic rings. The van der Waals surface area contributed by atoms with E-state index < -0.39 is 0 Å². The van der Waals surface area contributed by atoms with Crippen LogP contribution in [0.3, 0.4) is 0 Å². The van der Waals surface area contributed by atoms with Gasteiger partial charge in [0.2, 0.25) is 5.91 Å². The van der Waals surface area contributed by atoms with Gasteiger partial charge in [-0.25, -0.2) is 4.98 Å². The van der Waals surface area contributed by atoms with E-state index in [4.69, 9.17) is 0 Å². The molecule has 1 N–H and O–H groups in total. The molecule has 4 nitrogen and oxygen atoms in total. The van der Waals surface area contributed by atoms with Crippen molar-refractivity contribution >= 4 is 48.5 Å². The van der Waals surface area contributed by atoms with Gasteiger partial charge in [0.15, 0.2) is 5.13 Å². The van der Waals surface area contributed by atoms with E-state index in [1.54, 1.807) is 23.3 Å². The fourth-order valence-corrected chi connectivity index (χ4v) is 2.98. The smallest absolute Gasteiger partial charge is 0.244 e. The highest BCUT2D eigenvalue weighted by Crippen LogP contribution is 2.28. The van der Waals surface area contributed by atoms with Crippen LogP contribution in [0.2, 0.25) is 0 Å². The Morgan fingerprint density at radius 2 is 2.32 bits per heavy atom. The molecule has 0 spiro atoms. The highest BCUT2D eigenvalue weighted by molar-refractivity contribution is 9.10. The molecule has 0 radical (unpaired) electrons. The number of hydrogen-bond acceptors (Lipinski definition) is 4. The summed E-state index contributed by atoms with van der Waals surface area (Å²) in [6.07, 6.45) is 0. The molecule has 0 fully saturated rings. The molecule has 0 saturated heterocycles. The van der Waals surface area contributed by atoms with Gasteiger partial charge in [0.1, 0.15) is 6.04 Å². The van der Waals surface area contributed by atoms with Gasteiger partial charge in [-0.15, -0.1) is 0 Å². The van der Waals surface area contributed by atoms with Crippen LogP contribution in [0.1, 0.15) is 13.8 Å². The van der Waals surface area contributed by atoms with Crippen LogP contribution in [-0.4, -0.2) is 35.4 Å². The molecule has 6 heteroatoms. The van der Waals surface area contributed by atoms with E-state index in [-0.39, 0.29) is 11.9 Å². The van der Waals surface area contributed by atoms with Crippen LogP contribution in [0.4, 0.5) is 5.13 Å². The summed E-state index contributed by atoms with van der Waals surface area (Å²) in [7, 11) is 1.80. The van der Waals surface area contributed by atoms with Gasteiger partial charge in [-0.2, -0.15) is 0 Å². The molecule has 1 unspecified atom stereocenters. The quantitative estimate of drug-likeness (QED) is 0.927. The van der Waals surface area contributed by atoms with Gasteiger partial charge in [-0.1, -0.05) is 27.3 Å². The number of anilines is 1. The van der Waals surface area contributed by atoms with Crippen molar-refractivity contribution in [2.45, 2.75) is 19.9 Å². The molecule has 1 amide bonds. The van der Waals surface area contributed by atoms with E-state index in [0.29, 0.717) is 6.54 Å². The number of nitrogens with zero attached hydrogens (tertiary/aromatic N) is 2. The summed E-state index contributed by atoms with van der Waals surface area (Å²) in [6, 6.07) is 5.71. The number of carbonyl (C=O) groups excluding carboxylic acids is 1. The normalized spacial score (nSPS) is 12.4. The van der Waals surface area contributed by atoms with Gasteiger partial charge in [0.05, 0.1) is 10.2 Å². The lowest BCUT2D eigenvalue weighted by Gasteiger charge is -2.20. The number of hydrogen-bond donors (Lipinski definition) is 1. The van der Waals surface area contributed by atoms with Crippen LogP contribution in [0.25, 0.3) is 10.2 Å². The number of halogens is 1.